The average molecular weight is 251 g/mol. The van der Waals surface area contributed by atoms with Crippen LogP contribution in [0.3, 0.4) is 0 Å². The van der Waals surface area contributed by atoms with Gasteiger partial charge in [-0.05, 0) is 59.3 Å². The van der Waals surface area contributed by atoms with E-state index in [4.69, 9.17) is 0 Å². The Morgan fingerprint density at radius 1 is 1.39 bits per heavy atom. The Bertz CT molecular complexity index is 352. The topological polar surface area (TPSA) is 46.0 Å². The third kappa shape index (κ3) is 3.53. The summed E-state index contributed by atoms with van der Waals surface area (Å²) in [5.74, 6) is 1.86. The summed E-state index contributed by atoms with van der Waals surface area (Å²) in [7, 11) is 2.20. The van der Waals surface area contributed by atoms with Gasteiger partial charge in [-0.1, -0.05) is 0 Å². The molecule has 0 aliphatic carbocycles. The van der Waals surface area contributed by atoms with E-state index in [9.17, 15) is 0 Å². The number of hydrogen-bond donors (Lipinski definition) is 1. The van der Waals surface area contributed by atoms with Crippen LogP contribution in [0, 0.1) is 5.92 Å². The molecule has 1 saturated heterocycles. The molecular weight excluding hydrogens is 226 g/mol. The Hall–Kier alpha value is -0.940. The third-order valence-electron chi connectivity index (χ3n) is 3.69. The van der Waals surface area contributed by atoms with Gasteiger partial charge in [-0.3, -0.25) is 0 Å². The summed E-state index contributed by atoms with van der Waals surface area (Å²) in [6.07, 6.45) is 4.26. The second-order valence-electron chi connectivity index (χ2n) is 5.59. The Morgan fingerprint density at radius 3 is 2.78 bits per heavy atom. The van der Waals surface area contributed by atoms with Crippen LogP contribution >= 0.6 is 0 Å². The minimum atomic E-state index is 0.382. The number of piperidine rings is 1. The Labute approximate surface area is 110 Å². The number of nitrogens with zero attached hydrogens (tertiary/aromatic N) is 4. The lowest BCUT2D eigenvalue weighted by molar-refractivity contribution is 0.215. The van der Waals surface area contributed by atoms with Crippen LogP contribution in [0.2, 0.25) is 0 Å². The molecule has 2 rings (SSSR count). The van der Waals surface area contributed by atoms with Gasteiger partial charge in [0, 0.05) is 6.04 Å². The highest BCUT2D eigenvalue weighted by molar-refractivity contribution is 4.86. The molecule has 0 aromatic carbocycles. The van der Waals surface area contributed by atoms with Gasteiger partial charge in [0.1, 0.15) is 12.2 Å². The van der Waals surface area contributed by atoms with Crippen LogP contribution < -0.4 is 5.32 Å². The van der Waals surface area contributed by atoms with E-state index in [2.05, 4.69) is 41.2 Å². The molecule has 1 aromatic rings. The van der Waals surface area contributed by atoms with Gasteiger partial charge in [-0.2, -0.15) is 5.10 Å². The number of nitrogens with one attached hydrogen (secondary N) is 1. The van der Waals surface area contributed by atoms with Gasteiger partial charge in [0.2, 0.25) is 0 Å². The second-order valence-corrected chi connectivity index (χ2v) is 5.59. The summed E-state index contributed by atoms with van der Waals surface area (Å²) in [4.78, 5) is 6.72. The maximum absolute atomic E-state index is 4.31. The van der Waals surface area contributed by atoms with E-state index in [0.717, 1.165) is 24.8 Å². The van der Waals surface area contributed by atoms with E-state index < -0.39 is 0 Å². The first-order valence-corrected chi connectivity index (χ1v) is 6.94. The summed E-state index contributed by atoms with van der Waals surface area (Å²) in [6, 6.07) is 0.382. The number of rotatable bonds is 5. The summed E-state index contributed by atoms with van der Waals surface area (Å²) >= 11 is 0. The second kappa shape index (κ2) is 6.29. The van der Waals surface area contributed by atoms with Gasteiger partial charge in [0.15, 0.2) is 0 Å². The van der Waals surface area contributed by atoms with Gasteiger partial charge in [0.25, 0.3) is 0 Å². The van der Waals surface area contributed by atoms with Crippen molar-refractivity contribution in [3.63, 3.8) is 0 Å². The number of hydrogen-bond acceptors (Lipinski definition) is 4. The van der Waals surface area contributed by atoms with Crippen LogP contribution in [0.4, 0.5) is 0 Å². The monoisotopic (exact) mass is 251 g/mol. The molecule has 5 nitrogen and oxygen atoms in total. The van der Waals surface area contributed by atoms with Crippen LogP contribution in [0.25, 0.3) is 0 Å². The molecule has 0 amide bonds. The van der Waals surface area contributed by atoms with Crippen LogP contribution in [0.15, 0.2) is 6.33 Å². The quantitative estimate of drug-likeness (QED) is 0.856. The Morgan fingerprint density at radius 2 is 2.11 bits per heavy atom. The van der Waals surface area contributed by atoms with Gasteiger partial charge in [-0.15, -0.1) is 0 Å². The highest BCUT2D eigenvalue weighted by atomic mass is 15.4. The maximum Gasteiger partial charge on any atom is 0.141 e. The summed E-state index contributed by atoms with van der Waals surface area (Å²) in [6.45, 7) is 8.65. The maximum atomic E-state index is 4.31. The zero-order chi connectivity index (χ0) is 13.0. The van der Waals surface area contributed by atoms with E-state index in [0.29, 0.717) is 6.04 Å². The van der Waals surface area contributed by atoms with Gasteiger partial charge in [-0.25, -0.2) is 9.67 Å². The smallest absolute Gasteiger partial charge is 0.141 e. The van der Waals surface area contributed by atoms with Crippen molar-refractivity contribution in [3.8, 4) is 0 Å². The lowest BCUT2D eigenvalue weighted by Gasteiger charge is -2.29. The van der Waals surface area contributed by atoms with E-state index in [1.165, 1.54) is 25.9 Å². The molecule has 5 heteroatoms. The first-order valence-electron chi connectivity index (χ1n) is 6.94. The summed E-state index contributed by atoms with van der Waals surface area (Å²) < 4.78 is 1.99. The fourth-order valence-corrected chi connectivity index (χ4v) is 2.49. The minimum Gasteiger partial charge on any atom is -0.310 e. The molecule has 1 N–H and O–H groups in total. The summed E-state index contributed by atoms with van der Waals surface area (Å²) in [5.41, 5.74) is 0. The summed E-state index contributed by atoms with van der Waals surface area (Å²) in [5, 5.41) is 7.78. The molecule has 18 heavy (non-hydrogen) atoms. The van der Waals surface area contributed by atoms with Crippen molar-refractivity contribution in [1.82, 2.24) is 25.0 Å². The molecule has 0 unspecified atom stereocenters. The fraction of sp³-hybridized carbons (Fsp3) is 0.846. The van der Waals surface area contributed by atoms with E-state index >= 15 is 0 Å². The highest BCUT2D eigenvalue weighted by Crippen LogP contribution is 2.15. The molecule has 102 valence electrons. The SMILES string of the molecule is CC(C)n1ncnc1CNCC1CCN(C)CC1. The third-order valence-corrected chi connectivity index (χ3v) is 3.69. The van der Waals surface area contributed by atoms with Crippen molar-refractivity contribution >= 4 is 0 Å². The molecule has 0 atom stereocenters. The first-order chi connectivity index (χ1) is 8.66. The lowest BCUT2D eigenvalue weighted by atomic mass is 9.97. The molecule has 1 fully saturated rings. The molecule has 1 aliphatic heterocycles. The van der Waals surface area contributed by atoms with E-state index in [-0.39, 0.29) is 0 Å². The zero-order valence-electron chi connectivity index (χ0n) is 11.8. The predicted octanol–water partition coefficient (Wildman–Crippen LogP) is 1.29. The predicted molar refractivity (Wildman–Crippen MR) is 72.3 cm³/mol. The van der Waals surface area contributed by atoms with E-state index in [1.807, 2.05) is 4.68 Å². The van der Waals surface area contributed by atoms with Crippen LogP contribution in [0.1, 0.15) is 38.6 Å². The van der Waals surface area contributed by atoms with Crippen molar-refractivity contribution in [2.75, 3.05) is 26.7 Å². The van der Waals surface area contributed by atoms with Gasteiger partial charge < -0.3 is 10.2 Å². The molecule has 0 radical (unpaired) electrons. The fourth-order valence-electron chi connectivity index (χ4n) is 2.49. The Kier molecular flexibility index (Phi) is 4.72. The normalized spacial score (nSPS) is 18.7. The van der Waals surface area contributed by atoms with Crippen molar-refractivity contribution in [3.05, 3.63) is 12.2 Å². The van der Waals surface area contributed by atoms with Crippen LogP contribution in [-0.4, -0.2) is 46.3 Å². The molecule has 0 spiro atoms. The van der Waals surface area contributed by atoms with E-state index in [1.54, 1.807) is 6.33 Å². The lowest BCUT2D eigenvalue weighted by Crippen LogP contribution is -2.35. The minimum absolute atomic E-state index is 0.382. The zero-order valence-corrected chi connectivity index (χ0v) is 11.8. The van der Waals surface area contributed by atoms with Crippen molar-refractivity contribution in [1.29, 1.82) is 0 Å². The van der Waals surface area contributed by atoms with Crippen molar-refractivity contribution in [2.24, 2.45) is 5.92 Å². The molecular formula is C13H25N5. The number of aromatic nitrogens is 3. The standard InChI is InChI=1S/C13H25N5/c1-11(2)18-13(15-10-16-18)9-14-8-12-4-6-17(3)7-5-12/h10-12,14H,4-9H2,1-3H3. The first kappa shape index (κ1) is 13.5. The molecule has 2 heterocycles. The Balaban J connectivity index is 1.73. The van der Waals surface area contributed by atoms with Gasteiger partial charge >= 0.3 is 0 Å². The molecule has 1 aliphatic rings. The largest absolute Gasteiger partial charge is 0.310 e. The molecule has 0 bridgehead atoms. The molecule has 1 aromatic heterocycles. The molecule has 0 saturated carbocycles. The average Bonchev–Trinajstić information content (AvgIpc) is 2.80. The number of likely N-dealkylation sites (tertiary alicyclic amines) is 1. The van der Waals surface area contributed by atoms with Crippen molar-refractivity contribution in [2.45, 2.75) is 39.3 Å². The highest BCUT2D eigenvalue weighted by Gasteiger charge is 2.16. The van der Waals surface area contributed by atoms with Crippen LogP contribution in [-0.2, 0) is 6.54 Å². The van der Waals surface area contributed by atoms with Crippen LogP contribution in [0.5, 0.6) is 0 Å². The van der Waals surface area contributed by atoms with Crippen molar-refractivity contribution < 1.29 is 0 Å². The van der Waals surface area contributed by atoms with Gasteiger partial charge in [0.05, 0.1) is 6.54 Å².